The van der Waals surface area contributed by atoms with Gasteiger partial charge in [-0.05, 0) is 18.2 Å². The SMILES string of the molecule is CCN(Cc1ccccc1)C1COc2c(F)cccc2C1O. The lowest BCUT2D eigenvalue weighted by Crippen LogP contribution is -2.45. The number of rotatable bonds is 4. The number of fused-ring (bicyclic) bond motifs is 1. The van der Waals surface area contributed by atoms with E-state index in [1.54, 1.807) is 12.1 Å². The van der Waals surface area contributed by atoms with E-state index in [0.717, 1.165) is 13.1 Å². The first-order valence-corrected chi connectivity index (χ1v) is 7.58. The fourth-order valence-electron chi connectivity index (χ4n) is 2.96. The number of likely N-dealkylation sites (N-methyl/N-ethyl adjacent to an activating group) is 1. The van der Waals surface area contributed by atoms with E-state index in [0.29, 0.717) is 5.56 Å². The molecule has 0 radical (unpaired) electrons. The van der Waals surface area contributed by atoms with Crippen LogP contribution in [0.5, 0.6) is 5.75 Å². The predicted molar refractivity (Wildman–Crippen MR) is 83.2 cm³/mol. The predicted octanol–water partition coefficient (Wildman–Crippen LogP) is 3.14. The van der Waals surface area contributed by atoms with Crippen LogP contribution < -0.4 is 4.74 Å². The molecule has 1 N–H and O–H groups in total. The van der Waals surface area contributed by atoms with Crippen molar-refractivity contribution in [3.63, 3.8) is 0 Å². The van der Waals surface area contributed by atoms with Crippen LogP contribution in [0, 0.1) is 5.82 Å². The van der Waals surface area contributed by atoms with Crippen molar-refractivity contribution in [3.8, 4) is 5.75 Å². The lowest BCUT2D eigenvalue weighted by Gasteiger charge is -2.38. The average molecular weight is 301 g/mol. The Morgan fingerprint density at radius 1 is 1.18 bits per heavy atom. The molecule has 0 saturated carbocycles. The second-order valence-corrected chi connectivity index (χ2v) is 5.53. The third-order valence-electron chi connectivity index (χ3n) is 4.18. The highest BCUT2D eigenvalue weighted by Crippen LogP contribution is 2.36. The fraction of sp³-hybridized carbons (Fsp3) is 0.333. The van der Waals surface area contributed by atoms with Gasteiger partial charge in [0.2, 0.25) is 0 Å². The van der Waals surface area contributed by atoms with Gasteiger partial charge in [0.15, 0.2) is 11.6 Å². The average Bonchev–Trinajstić information content (AvgIpc) is 2.55. The lowest BCUT2D eigenvalue weighted by atomic mass is 9.97. The summed E-state index contributed by atoms with van der Waals surface area (Å²) in [5, 5.41) is 10.6. The molecule has 1 aliphatic heterocycles. The summed E-state index contributed by atoms with van der Waals surface area (Å²) in [4.78, 5) is 2.16. The third kappa shape index (κ3) is 2.85. The van der Waals surface area contributed by atoms with Crippen molar-refractivity contribution in [1.29, 1.82) is 0 Å². The van der Waals surface area contributed by atoms with Crippen LogP contribution in [0.2, 0.25) is 0 Å². The zero-order valence-corrected chi connectivity index (χ0v) is 12.6. The lowest BCUT2D eigenvalue weighted by molar-refractivity contribution is 0.000178. The summed E-state index contributed by atoms with van der Waals surface area (Å²) in [6.07, 6.45) is -0.747. The van der Waals surface area contributed by atoms with Gasteiger partial charge in [-0.1, -0.05) is 49.4 Å². The number of aliphatic hydroxyl groups is 1. The number of para-hydroxylation sites is 1. The van der Waals surface area contributed by atoms with Crippen molar-refractivity contribution in [2.24, 2.45) is 0 Å². The molecule has 0 fully saturated rings. The summed E-state index contributed by atoms with van der Waals surface area (Å²) in [5.74, 6) is -0.233. The number of halogens is 1. The first-order chi connectivity index (χ1) is 10.7. The standard InChI is InChI=1S/C18H20FNO2/c1-2-20(11-13-7-4-3-5-8-13)16-12-22-18-14(17(16)21)9-6-10-15(18)19/h3-10,16-17,21H,2,11-12H2,1H3. The largest absolute Gasteiger partial charge is 0.488 e. The zero-order valence-electron chi connectivity index (χ0n) is 12.6. The summed E-state index contributed by atoms with van der Waals surface area (Å²) in [5.41, 5.74) is 1.71. The Labute approximate surface area is 130 Å². The molecule has 1 aliphatic rings. The number of aliphatic hydroxyl groups excluding tert-OH is 1. The van der Waals surface area contributed by atoms with Crippen molar-refractivity contribution in [3.05, 3.63) is 65.5 Å². The zero-order chi connectivity index (χ0) is 15.5. The Morgan fingerprint density at radius 2 is 1.95 bits per heavy atom. The molecule has 2 aromatic rings. The Morgan fingerprint density at radius 3 is 2.68 bits per heavy atom. The van der Waals surface area contributed by atoms with Crippen LogP contribution in [0.4, 0.5) is 4.39 Å². The number of nitrogens with zero attached hydrogens (tertiary/aromatic N) is 1. The van der Waals surface area contributed by atoms with Crippen LogP contribution in [0.15, 0.2) is 48.5 Å². The van der Waals surface area contributed by atoms with Crippen molar-refractivity contribution < 1.29 is 14.2 Å². The summed E-state index contributed by atoms with van der Waals surface area (Å²) >= 11 is 0. The molecule has 0 saturated heterocycles. The van der Waals surface area contributed by atoms with E-state index < -0.39 is 11.9 Å². The normalized spacial score (nSPS) is 20.5. The van der Waals surface area contributed by atoms with Crippen LogP contribution in [-0.4, -0.2) is 29.2 Å². The molecule has 0 aromatic heterocycles. The molecule has 3 rings (SSSR count). The van der Waals surface area contributed by atoms with Crippen molar-refractivity contribution in [2.75, 3.05) is 13.2 Å². The van der Waals surface area contributed by atoms with E-state index in [4.69, 9.17) is 4.74 Å². The van der Waals surface area contributed by atoms with Crippen LogP contribution in [0.25, 0.3) is 0 Å². The number of benzene rings is 2. The molecule has 0 spiro atoms. The molecule has 0 bridgehead atoms. The molecule has 1 heterocycles. The number of ether oxygens (including phenoxy) is 1. The van der Waals surface area contributed by atoms with E-state index in [-0.39, 0.29) is 18.4 Å². The van der Waals surface area contributed by atoms with Gasteiger partial charge in [0.05, 0.1) is 6.04 Å². The summed E-state index contributed by atoms with van der Waals surface area (Å²) < 4.78 is 19.3. The second-order valence-electron chi connectivity index (χ2n) is 5.53. The first-order valence-electron chi connectivity index (χ1n) is 7.58. The van der Waals surface area contributed by atoms with Gasteiger partial charge in [-0.2, -0.15) is 0 Å². The first kappa shape index (κ1) is 15.0. The maximum Gasteiger partial charge on any atom is 0.165 e. The summed E-state index contributed by atoms with van der Waals surface area (Å²) in [6, 6.07) is 14.6. The maximum atomic E-state index is 13.8. The Bertz CT molecular complexity index is 632. The minimum absolute atomic E-state index is 0.181. The van der Waals surface area contributed by atoms with Crippen LogP contribution in [0.3, 0.4) is 0 Å². The minimum Gasteiger partial charge on any atom is -0.488 e. The molecule has 2 aromatic carbocycles. The fourth-order valence-corrected chi connectivity index (χ4v) is 2.96. The maximum absolute atomic E-state index is 13.8. The molecule has 4 heteroatoms. The number of hydrogen-bond donors (Lipinski definition) is 1. The quantitative estimate of drug-likeness (QED) is 0.941. The summed E-state index contributed by atoms with van der Waals surface area (Å²) in [6.45, 7) is 3.85. The highest BCUT2D eigenvalue weighted by atomic mass is 19.1. The molecular formula is C18H20FNO2. The van der Waals surface area contributed by atoms with Gasteiger partial charge in [0.25, 0.3) is 0 Å². The Balaban J connectivity index is 1.82. The monoisotopic (exact) mass is 301 g/mol. The van der Waals surface area contributed by atoms with E-state index in [1.165, 1.54) is 11.6 Å². The van der Waals surface area contributed by atoms with Gasteiger partial charge >= 0.3 is 0 Å². The molecule has 3 nitrogen and oxygen atoms in total. The van der Waals surface area contributed by atoms with Crippen molar-refractivity contribution >= 4 is 0 Å². The second kappa shape index (κ2) is 6.46. The molecule has 2 atom stereocenters. The smallest absolute Gasteiger partial charge is 0.165 e. The van der Waals surface area contributed by atoms with Crippen LogP contribution in [0.1, 0.15) is 24.2 Å². The van der Waals surface area contributed by atoms with E-state index in [2.05, 4.69) is 24.0 Å². The highest BCUT2D eigenvalue weighted by molar-refractivity contribution is 5.39. The molecule has 22 heavy (non-hydrogen) atoms. The topological polar surface area (TPSA) is 32.7 Å². The third-order valence-corrected chi connectivity index (χ3v) is 4.18. The van der Waals surface area contributed by atoms with Crippen molar-refractivity contribution in [2.45, 2.75) is 25.6 Å². The summed E-state index contributed by atoms with van der Waals surface area (Å²) in [7, 11) is 0. The molecule has 0 aliphatic carbocycles. The van der Waals surface area contributed by atoms with Gasteiger partial charge in [-0.15, -0.1) is 0 Å². The van der Waals surface area contributed by atoms with Gasteiger partial charge < -0.3 is 9.84 Å². The van der Waals surface area contributed by atoms with Crippen LogP contribution in [-0.2, 0) is 6.54 Å². The Kier molecular flexibility index (Phi) is 4.41. The van der Waals surface area contributed by atoms with E-state index >= 15 is 0 Å². The molecular weight excluding hydrogens is 281 g/mol. The number of hydrogen-bond acceptors (Lipinski definition) is 3. The van der Waals surface area contributed by atoms with E-state index in [9.17, 15) is 9.50 Å². The molecule has 0 amide bonds. The Hall–Kier alpha value is -1.91. The van der Waals surface area contributed by atoms with E-state index in [1.807, 2.05) is 18.2 Å². The van der Waals surface area contributed by atoms with Crippen LogP contribution >= 0.6 is 0 Å². The highest BCUT2D eigenvalue weighted by Gasteiger charge is 2.34. The molecule has 2 unspecified atom stereocenters. The van der Waals surface area contributed by atoms with Gasteiger partial charge in [-0.25, -0.2) is 4.39 Å². The minimum atomic E-state index is -0.747. The van der Waals surface area contributed by atoms with Crippen molar-refractivity contribution in [1.82, 2.24) is 4.90 Å². The van der Waals surface area contributed by atoms with Gasteiger partial charge in [0, 0.05) is 12.1 Å². The van der Waals surface area contributed by atoms with Gasteiger partial charge in [0.1, 0.15) is 12.7 Å². The molecule has 116 valence electrons. The van der Waals surface area contributed by atoms with Gasteiger partial charge in [-0.3, -0.25) is 4.90 Å².